The molecule has 0 saturated carbocycles. The Hall–Kier alpha value is -0.990. The minimum absolute atomic E-state index is 0.475. The van der Waals surface area contributed by atoms with Gasteiger partial charge < -0.3 is 9.13 Å². The molecule has 1 N–H and O–H groups in total. The van der Waals surface area contributed by atoms with Crippen LogP contribution >= 0.6 is 0 Å². The largest absolute Gasteiger partial charge is 0.317 e. The molecule has 3 heteroatoms. The highest BCUT2D eigenvalue weighted by molar-refractivity contribution is 5.21. The topological polar surface area (TPSA) is 33.7 Å². The van der Waals surface area contributed by atoms with Crippen LogP contribution in [0.4, 0.5) is 0 Å². The molecule has 0 atom stereocenters. The van der Waals surface area contributed by atoms with E-state index in [1.165, 1.54) is 11.4 Å². The maximum atomic E-state index is 7.92. The maximum Gasteiger partial charge on any atom is 0.201 e. The first kappa shape index (κ1) is 11.1. The number of hydrogen-bond acceptors (Lipinski definition) is 1. The first-order chi connectivity index (χ1) is 6.37. The molecule has 0 aliphatic rings. The van der Waals surface area contributed by atoms with E-state index in [1.54, 1.807) is 0 Å². The van der Waals surface area contributed by atoms with Crippen molar-refractivity contribution in [3.8, 4) is 0 Å². The van der Waals surface area contributed by atoms with Crippen LogP contribution in [0.2, 0.25) is 0 Å². The monoisotopic (exact) mass is 195 g/mol. The van der Waals surface area contributed by atoms with Gasteiger partial charge in [-0.15, -0.1) is 0 Å². The number of rotatable bonds is 2. The van der Waals surface area contributed by atoms with E-state index in [1.807, 2.05) is 23.2 Å². The average molecular weight is 195 g/mol. The fourth-order valence-electron chi connectivity index (χ4n) is 2.16. The molecule has 3 nitrogen and oxygen atoms in total. The lowest BCUT2D eigenvalue weighted by molar-refractivity contribution is 0.680. The Morgan fingerprint density at radius 3 is 1.36 bits per heavy atom. The van der Waals surface area contributed by atoms with E-state index in [0.29, 0.717) is 17.5 Å². The smallest absolute Gasteiger partial charge is 0.201 e. The molecular weight excluding hydrogens is 174 g/mol. The average Bonchev–Trinajstić information content (AvgIpc) is 2.29. The van der Waals surface area contributed by atoms with Gasteiger partial charge in [-0.25, -0.2) is 0 Å². The molecule has 1 aromatic rings. The number of imidazole rings is 1. The number of aromatic nitrogens is 2. The summed E-state index contributed by atoms with van der Waals surface area (Å²) in [6, 6.07) is 0. The van der Waals surface area contributed by atoms with E-state index in [4.69, 9.17) is 5.41 Å². The summed E-state index contributed by atoms with van der Waals surface area (Å²) >= 11 is 0. The zero-order valence-electron chi connectivity index (χ0n) is 10.0. The predicted molar refractivity (Wildman–Crippen MR) is 58.4 cm³/mol. The molecule has 0 spiro atoms. The second kappa shape index (κ2) is 3.64. The zero-order valence-corrected chi connectivity index (χ0v) is 10.0. The summed E-state index contributed by atoms with van der Waals surface area (Å²) in [6.07, 6.45) is 0. The van der Waals surface area contributed by atoms with Crippen molar-refractivity contribution in [2.24, 2.45) is 14.1 Å². The van der Waals surface area contributed by atoms with Gasteiger partial charge in [-0.05, 0) is 11.8 Å². The van der Waals surface area contributed by atoms with Gasteiger partial charge in [-0.3, -0.25) is 5.41 Å². The zero-order chi connectivity index (χ0) is 11.0. The highest BCUT2D eigenvalue weighted by atomic mass is 15.2. The molecule has 1 heterocycles. The van der Waals surface area contributed by atoms with Gasteiger partial charge in [0.15, 0.2) is 0 Å². The lowest BCUT2D eigenvalue weighted by Crippen LogP contribution is -2.21. The lowest BCUT2D eigenvalue weighted by Gasteiger charge is -2.13. The van der Waals surface area contributed by atoms with E-state index in [0.717, 1.165) is 0 Å². The van der Waals surface area contributed by atoms with Crippen LogP contribution in [0.15, 0.2) is 0 Å². The van der Waals surface area contributed by atoms with Crippen LogP contribution in [-0.4, -0.2) is 9.13 Å². The van der Waals surface area contributed by atoms with E-state index in [9.17, 15) is 0 Å². The molecule has 0 amide bonds. The third-order valence-electron chi connectivity index (χ3n) is 2.71. The Balaban J connectivity index is 3.54. The number of nitrogens with one attached hydrogen (secondary N) is 1. The van der Waals surface area contributed by atoms with E-state index < -0.39 is 0 Å². The van der Waals surface area contributed by atoms with Gasteiger partial charge in [-0.2, -0.15) is 0 Å². The van der Waals surface area contributed by atoms with Crippen molar-refractivity contribution in [2.45, 2.75) is 39.5 Å². The standard InChI is InChI=1S/C11H21N3/c1-7(2)9-10(8(3)4)14(6)11(12)13(9)5/h7-8,12H,1-6H3. The Bertz CT molecular complexity index is 345. The fourth-order valence-corrected chi connectivity index (χ4v) is 2.16. The summed E-state index contributed by atoms with van der Waals surface area (Å²) in [5.41, 5.74) is 3.15. The Kier molecular flexibility index (Phi) is 2.88. The maximum absolute atomic E-state index is 7.92. The van der Waals surface area contributed by atoms with Crippen molar-refractivity contribution in [3.63, 3.8) is 0 Å². The molecule has 0 saturated heterocycles. The second-order valence-electron chi connectivity index (χ2n) is 4.52. The van der Waals surface area contributed by atoms with Gasteiger partial charge in [0.1, 0.15) is 0 Å². The molecule has 0 fully saturated rings. The second-order valence-corrected chi connectivity index (χ2v) is 4.52. The Morgan fingerprint density at radius 2 is 1.14 bits per heavy atom. The third-order valence-corrected chi connectivity index (χ3v) is 2.71. The highest BCUT2D eigenvalue weighted by Crippen LogP contribution is 2.23. The Morgan fingerprint density at radius 1 is 0.857 bits per heavy atom. The number of nitrogens with zero attached hydrogens (tertiary/aromatic N) is 2. The van der Waals surface area contributed by atoms with Crippen LogP contribution in [0.3, 0.4) is 0 Å². The van der Waals surface area contributed by atoms with Crippen molar-refractivity contribution in [1.82, 2.24) is 9.13 Å². The highest BCUT2D eigenvalue weighted by Gasteiger charge is 2.18. The molecular formula is C11H21N3. The van der Waals surface area contributed by atoms with Crippen LogP contribution < -0.4 is 5.62 Å². The van der Waals surface area contributed by atoms with Gasteiger partial charge in [0.2, 0.25) is 5.62 Å². The minimum Gasteiger partial charge on any atom is -0.317 e. The van der Waals surface area contributed by atoms with Crippen LogP contribution in [0.1, 0.15) is 50.9 Å². The molecule has 1 aromatic heterocycles. The van der Waals surface area contributed by atoms with Crippen molar-refractivity contribution in [2.75, 3.05) is 0 Å². The quantitative estimate of drug-likeness (QED) is 0.750. The fraction of sp³-hybridized carbons (Fsp3) is 0.727. The van der Waals surface area contributed by atoms with Gasteiger partial charge in [-0.1, -0.05) is 27.7 Å². The Labute approximate surface area is 85.9 Å². The van der Waals surface area contributed by atoms with Gasteiger partial charge >= 0.3 is 0 Å². The van der Waals surface area contributed by atoms with Crippen LogP contribution in [0.5, 0.6) is 0 Å². The van der Waals surface area contributed by atoms with Crippen molar-refractivity contribution in [1.29, 1.82) is 5.41 Å². The summed E-state index contributed by atoms with van der Waals surface area (Å²) in [6.45, 7) is 8.72. The van der Waals surface area contributed by atoms with Crippen molar-refractivity contribution < 1.29 is 0 Å². The minimum atomic E-state index is 0.475. The van der Waals surface area contributed by atoms with Crippen LogP contribution in [0.25, 0.3) is 0 Å². The summed E-state index contributed by atoms with van der Waals surface area (Å²) in [7, 11) is 3.95. The van der Waals surface area contributed by atoms with Crippen molar-refractivity contribution in [3.05, 3.63) is 17.0 Å². The summed E-state index contributed by atoms with van der Waals surface area (Å²) < 4.78 is 3.97. The molecule has 0 aliphatic heterocycles. The lowest BCUT2D eigenvalue weighted by atomic mass is 10.0. The van der Waals surface area contributed by atoms with Crippen LogP contribution in [-0.2, 0) is 14.1 Å². The van der Waals surface area contributed by atoms with Gasteiger partial charge in [0.25, 0.3) is 0 Å². The van der Waals surface area contributed by atoms with Gasteiger partial charge in [0, 0.05) is 25.5 Å². The van der Waals surface area contributed by atoms with Gasteiger partial charge in [0.05, 0.1) is 0 Å². The van der Waals surface area contributed by atoms with Crippen molar-refractivity contribution >= 4 is 0 Å². The summed E-state index contributed by atoms with van der Waals surface area (Å²) in [5.74, 6) is 0.949. The number of hydrogen-bond donors (Lipinski definition) is 1. The first-order valence-electron chi connectivity index (χ1n) is 5.18. The molecule has 14 heavy (non-hydrogen) atoms. The molecule has 80 valence electrons. The molecule has 0 aromatic carbocycles. The molecule has 0 unspecified atom stereocenters. The molecule has 1 rings (SSSR count). The summed E-state index contributed by atoms with van der Waals surface area (Å²) in [4.78, 5) is 0. The summed E-state index contributed by atoms with van der Waals surface area (Å²) in [5, 5.41) is 7.92. The molecule has 0 bridgehead atoms. The normalized spacial score (nSPS) is 11.7. The van der Waals surface area contributed by atoms with E-state index >= 15 is 0 Å². The first-order valence-corrected chi connectivity index (χ1v) is 5.18. The molecule has 0 radical (unpaired) electrons. The SMILES string of the molecule is CC(C)c1c(C(C)C)n(C)c(=N)n1C. The molecule has 0 aliphatic carbocycles. The predicted octanol–water partition coefficient (Wildman–Crippen LogP) is 2.09. The van der Waals surface area contributed by atoms with Crippen LogP contribution in [0, 0.1) is 5.41 Å². The van der Waals surface area contributed by atoms with E-state index in [2.05, 4.69) is 27.7 Å². The third kappa shape index (κ3) is 1.51. The van der Waals surface area contributed by atoms with E-state index in [-0.39, 0.29) is 0 Å².